The molecule has 0 fully saturated rings. The summed E-state index contributed by atoms with van der Waals surface area (Å²) in [5.74, 6) is 0.406. The van der Waals surface area contributed by atoms with E-state index in [2.05, 4.69) is 27.9 Å². The summed E-state index contributed by atoms with van der Waals surface area (Å²) in [6.07, 6.45) is 1.16. The Bertz CT molecular complexity index is 1740. The van der Waals surface area contributed by atoms with Crippen LogP contribution in [-0.4, -0.2) is 34.3 Å². The van der Waals surface area contributed by atoms with Gasteiger partial charge in [-0.15, -0.1) is 0 Å². The molecule has 2 aromatic heterocycles. The van der Waals surface area contributed by atoms with Gasteiger partial charge in [0.25, 0.3) is 5.91 Å². The first kappa shape index (κ1) is 27.0. The first-order valence-electron chi connectivity index (χ1n) is 12.1. The number of amides is 1. The van der Waals surface area contributed by atoms with E-state index in [0.29, 0.717) is 55.1 Å². The van der Waals surface area contributed by atoms with E-state index in [4.69, 9.17) is 26.1 Å². The summed E-state index contributed by atoms with van der Waals surface area (Å²) in [7, 11) is 1.59. The fourth-order valence-corrected chi connectivity index (χ4v) is 4.93. The topological polar surface area (TPSA) is 82.5 Å². The second-order valence-corrected chi connectivity index (χ2v) is 11.6. The lowest BCUT2D eigenvalue weighted by Crippen LogP contribution is -2.26. The zero-order chi connectivity index (χ0) is 27.9. The van der Waals surface area contributed by atoms with Gasteiger partial charge in [0.05, 0.1) is 29.4 Å². The Morgan fingerprint density at radius 3 is 2.41 bits per heavy atom. The van der Waals surface area contributed by atoms with Crippen molar-refractivity contribution in [1.82, 2.24) is 9.55 Å². The fraction of sp³-hybridized carbons (Fsp3) is 0.167. The molecule has 1 N–H and O–H groups in total. The van der Waals surface area contributed by atoms with Crippen molar-refractivity contribution in [3.05, 3.63) is 87.1 Å². The van der Waals surface area contributed by atoms with Crippen LogP contribution in [0.1, 0.15) is 31.1 Å². The molecule has 0 aliphatic heterocycles. The fourth-order valence-electron chi connectivity index (χ4n) is 4.27. The summed E-state index contributed by atoms with van der Waals surface area (Å²) >= 11 is 8.57. The molecule has 0 aliphatic rings. The Morgan fingerprint density at radius 2 is 1.72 bits per heavy atom. The number of hydrogen-bond donors (Lipinski definition) is 1. The average Bonchev–Trinajstić information content (AvgIpc) is 3.26. The van der Waals surface area contributed by atoms with Gasteiger partial charge in [-0.1, -0.05) is 11.6 Å². The molecular formula is C30H25ClIN3O4. The Morgan fingerprint density at radius 1 is 0.974 bits per heavy atom. The minimum absolute atomic E-state index is 0.287. The lowest BCUT2D eigenvalue weighted by molar-refractivity contribution is 0.0544. The molecule has 0 saturated carbocycles. The number of aromatic nitrogens is 2. The van der Waals surface area contributed by atoms with E-state index in [-0.39, 0.29) is 5.91 Å². The number of ether oxygens (including phenoxy) is 2. The molecule has 198 valence electrons. The van der Waals surface area contributed by atoms with Crippen LogP contribution in [0.5, 0.6) is 5.75 Å². The maximum atomic E-state index is 13.6. The van der Waals surface area contributed by atoms with Gasteiger partial charge in [0.1, 0.15) is 11.4 Å². The maximum Gasteiger partial charge on any atom is 0.419 e. The number of carbonyl (C=O) groups excluding carboxylic acids is 2. The van der Waals surface area contributed by atoms with Crippen LogP contribution in [0.25, 0.3) is 33.1 Å². The van der Waals surface area contributed by atoms with E-state index in [1.807, 2.05) is 39.0 Å². The minimum Gasteiger partial charge on any atom is -0.497 e. The van der Waals surface area contributed by atoms with E-state index in [9.17, 15) is 9.59 Å². The van der Waals surface area contributed by atoms with E-state index >= 15 is 0 Å². The van der Waals surface area contributed by atoms with Gasteiger partial charge in [0.2, 0.25) is 0 Å². The third-order valence-corrected chi connectivity index (χ3v) is 6.90. The van der Waals surface area contributed by atoms with E-state index in [0.717, 1.165) is 3.57 Å². The molecule has 0 atom stereocenters. The molecule has 39 heavy (non-hydrogen) atoms. The number of pyridine rings is 1. The number of benzene rings is 3. The molecule has 5 rings (SSSR count). The standard InChI is InChI=1S/C30H25ClIN3O4/c1-30(2,3)39-29(37)35-16-24(22-13-17(31)5-12-27(22)35)26-15-23(21-14-18(32)6-11-25(21)34-26)28(36)33-19-7-9-20(38-4)10-8-19/h5-16H,1-4H3,(H,33,36). The van der Waals surface area contributed by atoms with Gasteiger partial charge in [-0.25, -0.2) is 9.78 Å². The van der Waals surface area contributed by atoms with E-state index < -0.39 is 11.7 Å². The number of methoxy groups -OCH3 is 1. The predicted molar refractivity (Wildman–Crippen MR) is 163 cm³/mol. The summed E-state index contributed by atoms with van der Waals surface area (Å²) in [5.41, 5.74) is 2.85. The van der Waals surface area contributed by atoms with Crippen LogP contribution in [-0.2, 0) is 4.74 Å². The van der Waals surface area contributed by atoms with Gasteiger partial charge >= 0.3 is 6.09 Å². The van der Waals surface area contributed by atoms with Crippen LogP contribution >= 0.6 is 34.2 Å². The van der Waals surface area contributed by atoms with E-state index in [1.165, 1.54) is 4.57 Å². The van der Waals surface area contributed by atoms with Crippen LogP contribution in [0.2, 0.25) is 5.02 Å². The highest BCUT2D eigenvalue weighted by Crippen LogP contribution is 2.35. The van der Waals surface area contributed by atoms with Crippen LogP contribution in [0.4, 0.5) is 10.5 Å². The molecule has 0 unspecified atom stereocenters. The Labute approximate surface area is 244 Å². The van der Waals surface area contributed by atoms with Crippen molar-refractivity contribution >= 4 is 73.7 Å². The molecule has 0 bridgehead atoms. The zero-order valence-corrected chi connectivity index (χ0v) is 24.6. The van der Waals surface area contributed by atoms with Crippen LogP contribution in [0.15, 0.2) is 72.9 Å². The second kappa shape index (κ2) is 10.5. The third kappa shape index (κ3) is 5.72. The highest BCUT2D eigenvalue weighted by Gasteiger charge is 2.23. The molecule has 5 aromatic rings. The van der Waals surface area contributed by atoms with Gasteiger partial charge in [0, 0.05) is 36.8 Å². The quantitative estimate of drug-likeness (QED) is 0.198. The van der Waals surface area contributed by atoms with Crippen LogP contribution in [0.3, 0.4) is 0 Å². The number of rotatable bonds is 4. The number of nitrogens with zero attached hydrogens (tertiary/aromatic N) is 2. The van der Waals surface area contributed by atoms with Gasteiger partial charge in [-0.3, -0.25) is 9.36 Å². The molecule has 0 spiro atoms. The molecule has 0 aliphatic carbocycles. The monoisotopic (exact) mass is 653 g/mol. The number of anilines is 1. The van der Waals surface area contributed by atoms with Gasteiger partial charge in [0.15, 0.2) is 0 Å². The summed E-state index contributed by atoms with van der Waals surface area (Å²) in [6.45, 7) is 5.44. The minimum atomic E-state index is -0.675. The van der Waals surface area contributed by atoms with Crippen LogP contribution in [0, 0.1) is 3.57 Å². The molecule has 9 heteroatoms. The second-order valence-electron chi connectivity index (χ2n) is 9.95. The average molecular weight is 654 g/mol. The van der Waals surface area contributed by atoms with Gasteiger partial charge in [-0.05, 0) is 110 Å². The SMILES string of the molecule is COc1ccc(NC(=O)c2cc(-c3cn(C(=O)OC(C)(C)C)c4ccc(Cl)cc34)nc3ccc(I)cc23)cc1. The number of carbonyl (C=O) groups is 2. The van der Waals surface area contributed by atoms with E-state index in [1.54, 1.807) is 61.8 Å². The normalized spacial score (nSPS) is 11.5. The van der Waals surface area contributed by atoms with Crippen molar-refractivity contribution in [3.63, 3.8) is 0 Å². The van der Waals surface area contributed by atoms with Crippen molar-refractivity contribution in [1.29, 1.82) is 0 Å². The molecule has 3 aromatic carbocycles. The number of hydrogen-bond acceptors (Lipinski definition) is 5. The van der Waals surface area contributed by atoms with Crippen molar-refractivity contribution in [3.8, 4) is 17.0 Å². The smallest absolute Gasteiger partial charge is 0.419 e. The maximum absolute atomic E-state index is 13.6. The Kier molecular flexibility index (Phi) is 7.26. The van der Waals surface area contributed by atoms with Crippen LogP contribution < -0.4 is 10.1 Å². The van der Waals surface area contributed by atoms with Crippen molar-refractivity contribution in [2.24, 2.45) is 0 Å². The molecule has 0 radical (unpaired) electrons. The molecule has 1 amide bonds. The predicted octanol–water partition coefficient (Wildman–Crippen LogP) is 8.16. The van der Waals surface area contributed by atoms with Crippen molar-refractivity contribution < 1.29 is 19.1 Å². The highest BCUT2D eigenvalue weighted by atomic mass is 127. The summed E-state index contributed by atoms with van der Waals surface area (Å²) in [4.78, 5) is 31.6. The highest BCUT2D eigenvalue weighted by molar-refractivity contribution is 14.1. The number of halogens is 2. The molecule has 2 heterocycles. The first-order valence-corrected chi connectivity index (χ1v) is 13.6. The Balaban J connectivity index is 1.66. The summed E-state index contributed by atoms with van der Waals surface area (Å²) < 4.78 is 13.3. The van der Waals surface area contributed by atoms with Gasteiger partial charge in [-0.2, -0.15) is 0 Å². The Hall–Kier alpha value is -3.63. The first-order chi connectivity index (χ1) is 18.5. The lowest BCUT2D eigenvalue weighted by Gasteiger charge is -2.19. The lowest BCUT2D eigenvalue weighted by atomic mass is 10.0. The van der Waals surface area contributed by atoms with Gasteiger partial charge < -0.3 is 14.8 Å². The number of nitrogens with one attached hydrogen (secondary N) is 1. The molecular weight excluding hydrogens is 629 g/mol. The summed E-state index contributed by atoms with van der Waals surface area (Å²) in [5, 5.41) is 4.91. The number of fused-ring (bicyclic) bond motifs is 2. The largest absolute Gasteiger partial charge is 0.497 e. The third-order valence-electron chi connectivity index (χ3n) is 6.00. The van der Waals surface area contributed by atoms with Crippen molar-refractivity contribution in [2.45, 2.75) is 26.4 Å². The zero-order valence-electron chi connectivity index (χ0n) is 21.7. The molecule has 7 nitrogen and oxygen atoms in total. The van der Waals surface area contributed by atoms with Crippen molar-refractivity contribution in [2.75, 3.05) is 12.4 Å². The summed E-state index contributed by atoms with van der Waals surface area (Å²) in [6, 6.07) is 19.9. The molecule has 0 saturated heterocycles.